The third-order valence-corrected chi connectivity index (χ3v) is 7.73. The summed E-state index contributed by atoms with van der Waals surface area (Å²) in [5.74, 6) is -0.183. The smallest absolute Gasteiger partial charge is 0.320 e. The lowest BCUT2D eigenvalue weighted by Crippen LogP contribution is -2.37. The summed E-state index contributed by atoms with van der Waals surface area (Å²) in [5.41, 5.74) is 9.52. The van der Waals surface area contributed by atoms with Gasteiger partial charge in [0, 0.05) is 43.2 Å². The average molecular weight is 689 g/mol. The highest BCUT2D eigenvalue weighted by atomic mass is 16.6. The van der Waals surface area contributed by atoms with Crippen LogP contribution in [0.3, 0.4) is 0 Å². The van der Waals surface area contributed by atoms with Crippen LogP contribution in [0.15, 0.2) is 78.2 Å². The highest BCUT2D eigenvalue weighted by Crippen LogP contribution is 2.35. The van der Waals surface area contributed by atoms with Gasteiger partial charge in [0.2, 0.25) is 0 Å². The molecule has 1 saturated heterocycles. The molecule has 2 heterocycles. The molecule has 5 rings (SSSR count). The second kappa shape index (κ2) is 19.6. The summed E-state index contributed by atoms with van der Waals surface area (Å²) in [6.45, 7) is 7.48. The fourth-order valence-corrected chi connectivity index (χ4v) is 4.90. The Bertz CT molecular complexity index is 1700. The number of ether oxygens (including phenoxy) is 3. The number of carbonyl (C=O) groups is 2. The summed E-state index contributed by atoms with van der Waals surface area (Å²) >= 11 is 0. The van der Waals surface area contributed by atoms with Crippen LogP contribution in [0.25, 0.3) is 10.9 Å². The molecule has 266 valence electrons. The lowest BCUT2D eigenvalue weighted by molar-refractivity contribution is -0.139. The van der Waals surface area contributed by atoms with Crippen molar-refractivity contribution in [3.8, 4) is 11.5 Å². The number of nitrogens with zero attached hydrogens (tertiary/aromatic N) is 4. The number of carboxylic acid groups (broad SMARTS) is 2. The summed E-state index contributed by atoms with van der Waals surface area (Å²) in [5, 5.41) is 24.8. The molecule has 1 aromatic heterocycles. The zero-order valence-electron chi connectivity index (χ0n) is 28.3. The molecular weight excluding hydrogens is 644 g/mol. The number of rotatable bonds is 16. The number of morpholine rings is 1. The van der Waals surface area contributed by atoms with E-state index in [0.29, 0.717) is 30.5 Å². The van der Waals surface area contributed by atoms with Crippen LogP contribution in [0.2, 0.25) is 0 Å². The van der Waals surface area contributed by atoms with Gasteiger partial charge < -0.3 is 40.3 Å². The molecule has 14 nitrogen and oxygen atoms in total. The number of aromatic nitrogens is 2. The van der Waals surface area contributed by atoms with Gasteiger partial charge in [-0.25, -0.2) is 9.97 Å². The summed E-state index contributed by atoms with van der Waals surface area (Å²) < 4.78 is 17.2. The molecule has 1 atom stereocenters. The molecule has 4 aromatic rings. The fourth-order valence-electron chi connectivity index (χ4n) is 4.90. The lowest BCUT2D eigenvalue weighted by Gasteiger charge is -2.26. The van der Waals surface area contributed by atoms with Gasteiger partial charge in [0.15, 0.2) is 11.5 Å². The zero-order chi connectivity index (χ0) is 35.7. The van der Waals surface area contributed by atoms with Crippen molar-refractivity contribution in [2.24, 2.45) is 10.9 Å². The number of fused-ring (bicyclic) bond motifs is 1. The van der Waals surface area contributed by atoms with Crippen molar-refractivity contribution >= 4 is 40.1 Å². The molecule has 0 bridgehead atoms. The molecule has 5 N–H and O–H groups in total. The molecule has 1 fully saturated rings. The highest BCUT2D eigenvalue weighted by molar-refractivity contribution is 5.99. The number of anilines is 2. The van der Waals surface area contributed by atoms with E-state index in [1.807, 2.05) is 73.7 Å². The number of oxime groups is 1. The number of aliphatic carboxylic acids is 2. The van der Waals surface area contributed by atoms with E-state index >= 15 is 0 Å². The van der Waals surface area contributed by atoms with Gasteiger partial charge in [0.1, 0.15) is 24.8 Å². The molecule has 0 radical (unpaired) electrons. The van der Waals surface area contributed by atoms with Crippen molar-refractivity contribution in [3.05, 3.63) is 84.2 Å². The summed E-state index contributed by atoms with van der Waals surface area (Å²) in [7, 11) is 1.64. The molecule has 50 heavy (non-hydrogen) atoms. The van der Waals surface area contributed by atoms with E-state index in [0.717, 1.165) is 72.7 Å². The van der Waals surface area contributed by atoms with Gasteiger partial charge in [-0.05, 0) is 49.1 Å². The lowest BCUT2D eigenvalue weighted by atomic mass is 10.1. The van der Waals surface area contributed by atoms with Crippen molar-refractivity contribution in [1.82, 2.24) is 14.9 Å². The van der Waals surface area contributed by atoms with E-state index in [2.05, 4.69) is 25.3 Å². The molecule has 0 unspecified atom stereocenters. The van der Waals surface area contributed by atoms with Crippen LogP contribution >= 0.6 is 0 Å². The largest absolute Gasteiger partial charge is 0.493 e. The summed E-state index contributed by atoms with van der Waals surface area (Å²) in [6, 6.07) is 20.7. The predicted molar refractivity (Wildman–Crippen MR) is 189 cm³/mol. The first-order valence-electron chi connectivity index (χ1n) is 16.3. The van der Waals surface area contributed by atoms with Crippen molar-refractivity contribution in [1.29, 1.82) is 0 Å². The molecule has 1 aliphatic rings. The van der Waals surface area contributed by atoms with E-state index in [1.165, 1.54) is 0 Å². The number of nitrogens with two attached hydrogens (primary N) is 1. The summed E-state index contributed by atoms with van der Waals surface area (Å²) in [4.78, 5) is 36.7. The first kappa shape index (κ1) is 37.5. The van der Waals surface area contributed by atoms with Gasteiger partial charge in [0.05, 0.1) is 38.2 Å². The van der Waals surface area contributed by atoms with Crippen molar-refractivity contribution in [2.45, 2.75) is 38.8 Å². The van der Waals surface area contributed by atoms with Crippen LogP contribution < -0.4 is 20.5 Å². The van der Waals surface area contributed by atoms with E-state index in [1.54, 1.807) is 13.4 Å². The average Bonchev–Trinajstić information content (AvgIpc) is 3.13. The van der Waals surface area contributed by atoms with E-state index in [9.17, 15) is 9.59 Å². The van der Waals surface area contributed by atoms with Gasteiger partial charge in [0.25, 0.3) is 0 Å². The highest BCUT2D eigenvalue weighted by Gasteiger charge is 2.14. The quantitative estimate of drug-likeness (QED) is 0.0721. The monoisotopic (exact) mass is 688 g/mol. The Morgan fingerprint density at radius 1 is 1.04 bits per heavy atom. The van der Waals surface area contributed by atoms with Crippen molar-refractivity contribution in [3.63, 3.8) is 0 Å². The first-order valence-corrected chi connectivity index (χ1v) is 16.3. The van der Waals surface area contributed by atoms with Crippen LogP contribution in [-0.2, 0) is 25.8 Å². The van der Waals surface area contributed by atoms with Crippen LogP contribution in [0.5, 0.6) is 11.5 Å². The number of benzene rings is 3. The molecule has 0 saturated carbocycles. The molecule has 0 aliphatic carbocycles. The summed E-state index contributed by atoms with van der Waals surface area (Å²) in [6.07, 6.45) is 2.24. The Morgan fingerprint density at radius 3 is 2.46 bits per heavy atom. The van der Waals surface area contributed by atoms with Crippen LogP contribution in [0.1, 0.15) is 37.3 Å². The minimum Gasteiger partial charge on any atom is -0.493 e. The normalized spacial score (nSPS) is 13.9. The molecular formula is C36H44N6O8. The molecule has 14 heteroatoms. The van der Waals surface area contributed by atoms with E-state index < -0.39 is 18.0 Å². The van der Waals surface area contributed by atoms with E-state index in [-0.39, 0.29) is 12.8 Å². The standard InChI is InChI=1S/C31H35N5O4.C5H9NO4/c1-23(35-40-21-24-7-4-3-5-8-24)25-9-11-26(12-10-25)34-31-27-19-30(29(37-2)20-28(27)32-22-33-31)39-16-6-13-36-14-17-38-18-15-36;6-3(5(9)10)1-2-4(7)8/h3-5,7-12,19-20,22H,6,13-18,21H2,1-2H3,(H,32,33,34);3H,1-2,6H2,(H,7,8)(H,9,10)/t;3-/m.0/s1. The Balaban J connectivity index is 0.000000490. The molecule has 0 spiro atoms. The fraction of sp³-hybridized carbons (Fsp3) is 0.361. The molecule has 0 amide bonds. The van der Waals surface area contributed by atoms with Gasteiger partial charge in [-0.15, -0.1) is 0 Å². The second-order valence-electron chi connectivity index (χ2n) is 11.4. The number of methoxy groups -OCH3 is 1. The maximum Gasteiger partial charge on any atom is 0.320 e. The maximum absolute atomic E-state index is 9.99. The predicted octanol–water partition coefficient (Wildman–Crippen LogP) is 4.69. The third-order valence-electron chi connectivity index (χ3n) is 7.73. The number of nitrogens with one attached hydrogen (secondary N) is 1. The third kappa shape index (κ3) is 12.0. The minimum absolute atomic E-state index is 0.0231. The number of hydrogen-bond acceptors (Lipinski definition) is 12. The Labute approximate surface area is 290 Å². The number of carboxylic acids is 2. The first-order chi connectivity index (χ1) is 24.2. The minimum atomic E-state index is -1.17. The zero-order valence-corrected chi connectivity index (χ0v) is 28.3. The van der Waals surface area contributed by atoms with Gasteiger partial charge in [-0.3, -0.25) is 14.5 Å². The Hall–Kier alpha value is -5.31. The Morgan fingerprint density at radius 2 is 1.78 bits per heavy atom. The SMILES string of the molecule is COc1cc2ncnc(Nc3ccc(C(C)=NOCc4ccccc4)cc3)c2cc1OCCCN1CCOCC1.N[C@@H](CCC(=O)O)C(=O)O. The molecule has 3 aromatic carbocycles. The van der Waals surface area contributed by atoms with E-state index in [4.69, 9.17) is 35.0 Å². The van der Waals surface area contributed by atoms with Gasteiger partial charge >= 0.3 is 11.9 Å². The van der Waals surface area contributed by atoms with Crippen molar-refractivity contribution < 1.29 is 38.9 Å². The molecule has 1 aliphatic heterocycles. The van der Waals surface area contributed by atoms with Crippen molar-refractivity contribution in [2.75, 3.05) is 51.9 Å². The Kier molecular flexibility index (Phi) is 14.7. The van der Waals surface area contributed by atoms with Gasteiger partial charge in [-0.1, -0.05) is 47.6 Å². The van der Waals surface area contributed by atoms with Gasteiger partial charge in [-0.2, -0.15) is 0 Å². The van der Waals surface area contributed by atoms with Crippen LogP contribution in [0, 0.1) is 0 Å². The van der Waals surface area contributed by atoms with Crippen LogP contribution in [0.4, 0.5) is 11.5 Å². The number of hydrogen-bond donors (Lipinski definition) is 4. The second-order valence-corrected chi connectivity index (χ2v) is 11.4. The maximum atomic E-state index is 9.99. The van der Waals surface area contributed by atoms with Crippen LogP contribution in [-0.4, -0.2) is 95.3 Å². The topological polar surface area (TPSA) is 191 Å².